The van der Waals surface area contributed by atoms with Crippen LogP contribution in [0.3, 0.4) is 0 Å². The van der Waals surface area contributed by atoms with Crippen molar-refractivity contribution in [2.75, 3.05) is 0 Å². The Bertz CT molecular complexity index is 967. The molecular weight excluding hydrogens is 436 g/mol. The molecule has 1 fully saturated rings. The van der Waals surface area contributed by atoms with Crippen molar-refractivity contribution in [1.82, 2.24) is 9.88 Å². The summed E-state index contributed by atoms with van der Waals surface area (Å²) in [5.74, 6) is 0.904. The second-order valence-corrected chi connectivity index (χ2v) is 8.87. The summed E-state index contributed by atoms with van der Waals surface area (Å²) in [6.45, 7) is 3.03. The molecule has 0 N–H and O–H groups in total. The SMILES string of the molecule is Cc1ccc(OCc2nc(CN(C(=O)c3cccc(Br)c3)C3CC3)cs2)cc1. The summed E-state index contributed by atoms with van der Waals surface area (Å²) in [4.78, 5) is 19.6. The standard InChI is InChI=1S/C22H21BrN2O2S/c1-15-5-9-20(10-6-15)27-13-21-24-18(14-28-21)12-25(19-7-8-19)22(26)16-3-2-4-17(23)11-16/h2-6,9-11,14,19H,7-8,12-13H2,1H3. The first-order valence-electron chi connectivity index (χ1n) is 9.28. The van der Waals surface area contributed by atoms with Gasteiger partial charge in [-0.2, -0.15) is 0 Å². The third-order valence-electron chi connectivity index (χ3n) is 4.64. The van der Waals surface area contributed by atoms with Gasteiger partial charge in [0, 0.05) is 21.5 Å². The average molecular weight is 457 g/mol. The first-order chi connectivity index (χ1) is 13.6. The maximum Gasteiger partial charge on any atom is 0.254 e. The zero-order valence-electron chi connectivity index (χ0n) is 15.6. The highest BCUT2D eigenvalue weighted by molar-refractivity contribution is 9.10. The molecule has 0 bridgehead atoms. The molecule has 0 radical (unpaired) electrons. The van der Waals surface area contributed by atoms with Gasteiger partial charge in [0.1, 0.15) is 17.4 Å². The number of thiazole rings is 1. The quantitative estimate of drug-likeness (QED) is 0.464. The molecule has 1 aliphatic carbocycles. The van der Waals surface area contributed by atoms with E-state index in [0.29, 0.717) is 24.8 Å². The molecular formula is C22H21BrN2O2S. The number of hydrogen-bond donors (Lipinski definition) is 0. The molecule has 1 heterocycles. The third-order valence-corrected chi connectivity index (χ3v) is 6.00. The van der Waals surface area contributed by atoms with Crippen LogP contribution in [0.2, 0.25) is 0 Å². The second kappa shape index (κ2) is 8.45. The van der Waals surface area contributed by atoms with Crippen molar-refractivity contribution in [3.05, 3.63) is 80.2 Å². The van der Waals surface area contributed by atoms with Crippen molar-refractivity contribution in [2.24, 2.45) is 0 Å². The van der Waals surface area contributed by atoms with Gasteiger partial charge in [0.15, 0.2) is 0 Å². The van der Waals surface area contributed by atoms with Crippen LogP contribution >= 0.6 is 27.3 Å². The Morgan fingerprint density at radius 2 is 2.04 bits per heavy atom. The van der Waals surface area contributed by atoms with Crippen molar-refractivity contribution in [2.45, 2.75) is 39.0 Å². The number of aromatic nitrogens is 1. The van der Waals surface area contributed by atoms with Crippen molar-refractivity contribution in [3.63, 3.8) is 0 Å². The molecule has 0 unspecified atom stereocenters. The van der Waals surface area contributed by atoms with Crippen LogP contribution in [0, 0.1) is 6.92 Å². The molecule has 0 aliphatic heterocycles. The predicted molar refractivity (Wildman–Crippen MR) is 115 cm³/mol. The van der Waals surface area contributed by atoms with E-state index in [9.17, 15) is 4.79 Å². The number of aryl methyl sites for hydroxylation is 1. The average Bonchev–Trinajstić information content (AvgIpc) is 3.44. The fourth-order valence-electron chi connectivity index (χ4n) is 2.98. The number of rotatable bonds is 7. The van der Waals surface area contributed by atoms with Gasteiger partial charge in [0.05, 0.1) is 12.2 Å². The molecule has 4 rings (SSSR count). The van der Waals surface area contributed by atoms with Crippen molar-refractivity contribution < 1.29 is 9.53 Å². The first-order valence-corrected chi connectivity index (χ1v) is 10.9. The number of carbonyl (C=O) groups excluding carboxylic acids is 1. The van der Waals surface area contributed by atoms with Crippen LogP contribution in [0.4, 0.5) is 0 Å². The fourth-order valence-corrected chi connectivity index (χ4v) is 4.08. The van der Waals surface area contributed by atoms with E-state index < -0.39 is 0 Å². The van der Waals surface area contributed by atoms with E-state index in [1.165, 1.54) is 5.56 Å². The summed E-state index contributed by atoms with van der Waals surface area (Å²) in [6, 6.07) is 15.9. The van der Waals surface area contributed by atoms with E-state index in [1.807, 2.05) is 58.8 Å². The van der Waals surface area contributed by atoms with E-state index in [1.54, 1.807) is 11.3 Å². The predicted octanol–water partition coefficient (Wildman–Crippen LogP) is 5.60. The molecule has 0 spiro atoms. The van der Waals surface area contributed by atoms with Crippen LogP contribution in [-0.4, -0.2) is 21.8 Å². The Labute approximate surface area is 177 Å². The lowest BCUT2D eigenvalue weighted by Gasteiger charge is -2.21. The Hall–Kier alpha value is -2.18. The lowest BCUT2D eigenvalue weighted by Crippen LogP contribution is -2.32. The second-order valence-electron chi connectivity index (χ2n) is 7.01. The van der Waals surface area contributed by atoms with Gasteiger partial charge in [-0.25, -0.2) is 4.98 Å². The molecule has 6 heteroatoms. The number of benzene rings is 2. The van der Waals surface area contributed by atoms with Gasteiger partial charge in [0.2, 0.25) is 0 Å². The summed E-state index contributed by atoms with van der Waals surface area (Å²) in [5.41, 5.74) is 2.83. The van der Waals surface area contributed by atoms with Gasteiger partial charge in [-0.05, 0) is 50.1 Å². The topological polar surface area (TPSA) is 42.4 Å². The molecule has 1 amide bonds. The van der Waals surface area contributed by atoms with Crippen LogP contribution in [-0.2, 0) is 13.2 Å². The van der Waals surface area contributed by atoms with Crippen molar-refractivity contribution >= 4 is 33.2 Å². The van der Waals surface area contributed by atoms with Crippen LogP contribution in [0.15, 0.2) is 58.4 Å². The van der Waals surface area contributed by atoms with Gasteiger partial charge in [0.25, 0.3) is 5.91 Å². The van der Waals surface area contributed by atoms with Crippen LogP contribution in [0.1, 0.15) is 39.5 Å². The minimum absolute atomic E-state index is 0.0641. The zero-order chi connectivity index (χ0) is 19.5. The fraction of sp³-hybridized carbons (Fsp3) is 0.273. The maximum atomic E-state index is 13.0. The Kier molecular flexibility index (Phi) is 5.78. The summed E-state index contributed by atoms with van der Waals surface area (Å²) in [5, 5.41) is 2.94. The number of amides is 1. The molecule has 28 heavy (non-hydrogen) atoms. The molecule has 144 valence electrons. The van der Waals surface area contributed by atoms with E-state index >= 15 is 0 Å². The normalized spacial score (nSPS) is 13.4. The Balaban J connectivity index is 1.41. The molecule has 2 aromatic carbocycles. The summed E-state index contributed by atoms with van der Waals surface area (Å²) < 4.78 is 6.73. The van der Waals surface area contributed by atoms with E-state index in [4.69, 9.17) is 4.74 Å². The molecule has 4 nitrogen and oxygen atoms in total. The molecule has 1 saturated carbocycles. The molecule has 0 saturated heterocycles. The summed E-state index contributed by atoms with van der Waals surface area (Å²) in [6.07, 6.45) is 2.13. The van der Waals surface area contributed by atoms with Crippen LogP contribution in [0.5, 0.6) is 5.75 Å². The van der Waals surface area contributed by atoms with E-state index in [-0.39, 0.29) is 5.91 Å². The summed E-state index contributed by atoms with van der Waals surface area (Å²) in [7, 11) is 0. The molecule has 3 aromatic rings. The monoisotopic (exact) mass is 456 g/mol. The van der Waals surface area contributed by atoms with Crippen LogP contribution in [0.25, 0.3) is 0 Å². The Morgan fingerprint density at radius 1 is 1.25 bits per heavy atom. The van der Waals surface area contributed by atoms with Gasteiger partial charge in [-0.3, -0.25) is 4.79 Å². The number of hydrogen-bond acceptors (Lipinski definition) is 4. The first kappa shape index (κ1) is 19.2. The highest BCUT2D eigenvalue weighted by Gasteiger charge is 2.33. The van der Waals surface area contributed by atoms with Gasteiger partial charge in [-0.1, -0.05) is 39.7 Å². The van der Waals surface area contributed by atoms with Gasteiger partial charge < -0.3 is 9.64 Å². The Morgan fingerprint density at radius 3 is 2.75 bits per heavy atom. The van der Waals surface area contributed by atoms with Crippen molar-refractivity contribution in [3.8, 4) is 5.75 Å². The summed E-state index contributed by atoms with van der Waals surface area (Å²) >= 11 is 5.02. The lowest BCUT2D eigenvalue weighted by molar-refractivity contribution is 0.0728. The molecule has 1 aromatic heterocycles. The highest BCUT2D eigenvalue weighted by Crippen LogP contribution is 2.30. The minimum Gasteiger partial charge on any atom is -0.486 e. The number of nitrogens with zero attached hydrogens (tertiary/aromatic N) is 2. The zero-order valence-corrected chi connectivity index (χ0v) is 18.0. The smallest absolute Gasteiger partial charge is 0.254 e. The van der Waals surface area contributed by atoms with Crippen molar-refractivity contribution in [1.29, 1.82) is 0 Å². The minimum atomic E-state index is 0.0641. The van der Waals surface area contributed by atoms with E-state index in [2.05, 4.69) is 27.8 Å². The number of ether oxygens (including phenoxy) is 1. The number of halogens is 1. The van der Waals surface area contributed by atoms with E-state index in [0.717, 1.165) is 33.8 Å². The highest BCUT2D eigenvalue weighted by atomic mass is 79.9. The molecule has 1 aliphatic rings. The maximum absolute atomic E-state index is 13.0. The van der Waals surface area contributed by atoms with Gasteiger partial charge in [-0.15, -0.1) is 11.3 Å². The largest absolute Gasteiger partial charge is 0.486 e. The van der Waals surface area contributed by atoms with Gasteiger partial charge >= 0.3 is 0 Å². The lowest BCUT2D eigenvalue weighted by atomic mass is 10.2. The molecule has 0 atom stereocenters. The van der Waals surface area contributed by atoms with Crippen LogP contribution < -0.4 is 4.74 Å². The third kappa shape index (κ3) is 4.80. The number of carbonyl (C=O) groups is 1.